The lowest BCUT2D eigenvalue weighted by molar-refractivity contribution is -0.167. The lowest BCUT2D eigenvalue weighted by atomic mass is 10.0. The van der Waals surface area contributed by atoms with Crippen LogP contribution in [0.25, 0.3) is 0 Å². The number of allylic oxidation sites excluding steroid dienone is 18. The molecule has 0 amide bonds. The second-order valence-corrected chi connectivity index (χ2v) is 22.0. The van der Waals surface area contributed by atoms with Crippen molar-refractivity contribution in [3.63, 3.8) is 0 Å². The summed E-state index contributed by atoms with van der Waals surface area (Å²) in [6.07, 6.45) is 91.1. The summed E-state index contributed by atoms with van der Waals surface area (Å²) in [6.45, 7) is 6.51. The van der Waals surface area contributed by atoms with Gasteiger partial charge in [0.05, 0.1) is 0 Å². The van der Waals surface area contributed by atoms with Gasteiger partial charge in [-0.3, -0.25) is 14.4 Å². The van der Waals surface area contributed by atoms with Crippen LogP contribution in [-0.2, 0) is 28.6 Å². The first-order valence-corrected chi connectivity index (χ1v) is 33.4. The molecule has 1 unspecified atom stereocenters. The van der Waals surface area contributed by atoms with Crippen LogP contribution in [0.4, 0.5) is 0 Å². The van der Waals surface area contributed by atoms with Crippen LogP contribution in [0.15, 0.2) is 109 Å². The topological polar surface area (TPSA) is 78.9 Å². The monoisotopic (exact) mass is 1100 g/mol. The van der Waals surface area contributed by atoms with E-state index < -0.39 is 6.10 Å². The normalized spacial score (nSPS) is 12.8. The second kappa shape index (κ2) is 66.6. The lowest BCUT2D eigenvalue weighted by Crippen LogP contribution is -2.30. The van der Waals surface area contributed by atoms with Gasteiger partial charge in [-0.25, -0.2) is 0 Å². The molecule has 79 heavy (non-hydrogen) atoms. The van der Waals surface area contributed by atoms with Crippen molar-refractivity contribution in [3.8, 4) is 0 Å². The van der Waals surface area contributed by atoms with Gasteiger partial charge < -0.3 is 14.2 Å². The molecule has 6 heteroatoms. The van der Waals surface area contributed by atoms with Crippen LogP contribution in [0.5, 0.6) is 0 Å². The SMILES string of the molecule is CC/C=C\C/C=C\C/C=C\C/C=C\C/C=C\C/C=C\C/C=C\C/C=C\C/C=C\CCCC(=O)OCC(COC(=O)CCCCCCCCCCCCC)OC(=O)CCCCCCCCCCCCCCCCCCCCCCC. The Kier molecular flexibility index (Phi) is 63.3. The Morgan fingerprint density at radius 3 is 0.772 bits per heavy atom. The first-order chi connectivity index (χ1) is 39.0. The Morgan fingerprint density at radius 1 is 0.266 bits per heavy atom. The summed E-state index contributed by atoms with van der Waals surface area (Å²) >= 11 is 0. The molecule has 0 saturated heterocycles. The van der Waals surface area contributed by atoms with Gasteiger partial charge in [-0.2, -0.15) is 0 Å². The van der Waals surface area contributed by atoms with E-state index in [0.717, 1.165) is 103 Å². The van der Waals surface area contributed by atoms with Crippen LogP contribution in [0.2, 0.25) is 0 Å². The highest BCUT2D eigenvalue weighted by Crippen LogP contribution is 2.17. The Hall–Kier alpha value is -3.93. The van der Waals surface area contributed by atoms with E-state index in [-0.39, 0.29) is 37.5 Å². The third-order valence-corrected chi connectivity index (χ3v) is 14.3. The molecular formula is C73H124O6. The van der Waals surface area contributed by atoms with Gasteiger partial charge in [0.2, 0.25) is 0 Å². The number of esters is 3. The number of rotatable bonds is 60. The molecule has 0 aromatic heterocycles. The molecule has 0 aliphatic rings. The minimum atomic E-state index is -0.800. The fraction of sp³-hybridized carbons (Fsp3) is 0.712. The highest BCUT2D eigenvalue weighted by molar-refractivity contribution is 5.71. The molecule has 1 atom stereocenters. The minimum Gasteiger partial charge on any atom is -0.462 e. The third kappa shape index (κ3) is 64.8. The molecule has 0 radical (unpaired) electrons. The molecule has 0 aromatic carbocycles. The molecule has 0 aliphatic heterocycles. The van der Waals surface area contributed by atoms with Gasteiger partial charge >= 0.3 is 17.9 Å². The maximum atomic E-state index is 12.9. The van der Waals surface area contributed by atoms with Crippen molar-refractivity contribution in [2.75, 3.05) is 13.2 Å². The first kappa shape index (κ1) is 75.1. The second-order valence-electron chi connectivity index (χ2n) is 22.0. The predicted molar refractivity (Wildman–Crippen MR) is 343 cm³/mol. The highest BCUT2D eigenvalue weighted by Gasteiger charge is 2.19. The zero-order valence-electron chi connectivity index (χ0n) is 51.9. The van der Waals surface area contributed by atoms with E-state index in [1.807, 2.05) is 0 Å². The average Bonchev–Trinajstić information content (AvgIpc) is 3.45. The summed E-state index contributed by atoms with van der Waals surface area (Å²) in [5.41, 5.74) is 0. The van der Waals surface area contributed by atoms with Gasteiger partial charge in [-0.15, -0.1) is 0 Å². The number of carbonyl (C=O) groups excluding carboxylic acids is 3. The van der Waals surface area contributed by atoms with Crippen molar-refractivity contribution < 1.29 is 28.6 Å². The van der Waals surface area contributed by atoms with Crippen molar-refractivity contribution in [1.82, 2.24) is 0 Å². The summed E-state index contributed by atoms with van der Waals surface area (Å²) in [5, 5.41) is 0. The Bertz CT molecular complexity index is 1590. The van der Waals surface area contributed by atoms with Crippen LogP contribution in [-0.4, -0.2) is 37.2 Å². The third-order valence-electron chi connectivity index (χ3n) is 14.3. The van der Waals surface area contributed by atoms with E-state index in [9.17, 15) is 14.4 Å². The number of hydrogen-bond donors (Lipinski definition) is 0. The molecule has 0 heterocycles. The maximum absolute atomic E-state index is 12.9. The van der Waals surface area contributed by atoms with Gasteiger partial charge in [0.25, 0.3) is 0 Å². The van der Waals surface area contributed by atoms with Crippen molar-refractivity contribution in [3.05, 3.63) is 109 Å². The molecule has 0 fully saturated rings. The fourth-order valence-electron chi connectivity index (χ4n) is 9.33. The number of ether oxygens (including phenoxy) is 3. The maximum Gasteiger partial charge on any atom is 0.306 e. The van der Waals surface area contributed by atoms with E-state index in [1.165, 1.54) is 167 Å². The van der Waals surface area contributed by atoms with Crippen LogP contribution in [0.3, 0.4) is 0 Å². The van der Waals surface area contributed by atoms with E-state index in [2.05, 4.69) is 130 Å². The number of unbranched alkanes of at least 4 members (excludes halogenated alkanes) is 31. The van der Waals surface area contributed by atoms with Crippen molar-refractivity contribution in [2.24, 2.45) is 0 Å². The largest absolute Gasteiger partial charge is 0.462 e. The zero-order valence-corrected chi connectivity index (χ0v) is 51.9. The molecule has 0 bridgehead atoms. The minimum absolute atomic E-state index is 0.0925. The summed E-state index contributed by atoms with van der Waals surface area (Å²) in [5.74, 6) is -0.944. The molecule has 452 valence electrons. The van der Waals surface area contributed by atoms with Crippen molar-refractivity contribution >= 4 is 17.9 Å². The zero-order chi connectivity index (χ0) is 57.1. The van der Waals surface area contributed by atoms with E-state index in [0.29, 0.717) is 19.3 Å². The summed E-state index contributed by atoms with van der Waals surface area (Å²) in [6, 6.07) is 0. The van der Waals surface area contributed by atoms with Gasteiger partial charge in [0, 0.05) is 19.3 Å². The Balaban J connectivity index is 4.36. The van der Waals surface area contributed by atoms with Crippen molar-refractivity contribution in [1.29, 1.82) is 0 Å². The van der Waals surface area contributed by atoms with E-state index in [4.69, 9.17) is 14.2 Å². The average molecular weight is 1100 g/mol. The molecular weight excluding hydrogens is 973 g/mol. The lowest BCUT2D eigenvalue weighted by Gasteiger charge is -2.18. The van der Waals surface area contributed by atoms with Crippen LogP contribution in [0, 0.1) is 0 Å². The molecule has 6 nitrogen and oxygen atoms in total. The highest BCUT2D eigenvalue weighted by atomic mass is 16.6. The molecule has 0 saturated carbocycles. The van der Waals surface area contributed by atoms with E-state index in [1.54, 1.807) is 0 Å². The molecule has 0 aliphatic carbocycles. The molecule has 0 aromatic rings. The van der Waals surface area contributed by atoms with E-state index >= 15 is 0 Å². The van der Waals surface area contributed by atoms with Gasteiger partial charge in [0.1, 0.15) is 13.2 Å². The van der Waals surface area contributed by atoms with Crippen molar-refractivity contribution in [2.45, 2.75) is 322 Å². The smallest absolute Gasteiger partial charge is 0.306 e. The van der Waals surface area contributed by atoms with Crippen LogP contribution < -0.4 is 0 Å². The Labute approximate surface area is 489 Å². The summed E-state index contributed by atoms with van der Waals surface area (Å²) in [4.78, 5) is 38.3. The summed E-state index contributed by atoms with van der Waals surface area (Å²) < 4.78 is 16.9. The Morgan fingerprint density at radius 2 is 0.494 bits per heavy atom. The van der Waals surface area contributed by atoms with Gasteiger partial charge in [0.15, 0.2) is 6.10 Å². The molecule has 0 rings (SSSR count). The number of hydrogen-bond acceptors (Lipinski definition) is 6. The van der Waals surface area contributed by atoms with Crippen LogP contribution >= 0.6 is 0 Å². The fourth-order valence-corrected chi connectivity index (χ4v) is 9.33. The van der Waals surface area contributed by atoms with Gasteiger partial charge in [-0.1, -0.05) is 323 Å². The molecule has 0 spiro atoms. The standard InChI is InChI=1S/C73H124O6/c1-4-7-10-13-16-19-22-24-26-28-30-32-33-34-35-36-37-38-39-41-42-44-46-48-51-54-57-60-63-66-72(75)78-69-70(68-77-71(74)65-62-59-56-53-50-21-18-15-12-9-6-3)79-73(76)67-64-61-58-55-52-49-47-45-43-40-31-29-27-25-23-20-17-14-11-8-5-2/h7,10,16,19,24,26,30,32,34-35,37-38,41-42,46,48,54,57,70H,4-6,8-9,11-15,17-18,20-23,25,27-29,31,33,36,39-40,43-45,47,49-53,55-56,58-69H2,1-3H3/b10-7-,19-16-,26-24-,32-30-,35-34-,38-37-,42-41-,48-46-,57-54-. The van der Waals surface area contributed by atoms with Gasteiger partial charge in [-0.05, 0) is 83.5 Å². The van der Waals surface area contributed by atoms with Crippen LogP contribution in [0.1, 0.15) is 316 Å². The quantitative estimate of drug-likeness (QED) is 0.0261. The summed E-state index contributed by atoms with van der Waals surface area (Å²) in [7, 11) is 0. The molecule has 0 N–H and O–H groups in total. The number of carbonyl (C=O) groups is 3. The first-order valence-electron chi connectivity index (χ1n) is 33.4. The predicted octanol–water partition coefficient (Wildman–Crippen LogP) is 23.0.